The van der Waals surface area contributed by atoms with Gasteiger partial charge >= 0.3 is 7.12 Å². The van der Waals surface area contributed by atoms with Crippen LogP contribution in [0.1, 0.15) is 33.3 Å². The molecule has 4 nitrogen and oxygen atoms in total. The van der Waals surface area contributed by atoms with Gasteiger partial charge in [0.2, 0.25) is 0 Å². The normalized spacial score (nSPS) is 19.9. The second-order valence-corrected chi connectivity index (χ2v) is 6.09. The first-order chi connectivity index (χ1) is 9.36. The number of nitrogens with zero attached hydrogens (tertiary/aromatic N) is 1. The Hall–Kier alpha value is -1.35. The first kappa shape index (κ1) is 15.1. The molecule has 1 aromatic rings. The zero-order chi connectivity index (χ0) is 14.8. The highest BCUT2D eigenvalue weighted by Crippen LogP contribution is 2.36. The van der Waals surface area contributed by atoms with Crippen molar-refractivity contribution < 1.29 is 9.31 Å². The maximum Gasteiger partial charge on any atom is 0.494 e. The number of nitriles is 1. The second-order valence-electron chi connectivity index (χ2n) is 6.09. The van der Waals surface area contributed by atoms with Crippen molar-refractivity contribution in [3.8, 4) is 6.07 Å². The van der Waals surface area contributed by atoms with Gasteiger partial charge in [-0.05, 0) is 38.7 Å². The molecule has 1 aromatic carbocycles. The standard InChI is InChI=1S/C15H21BN2O2/c1-14(2)15(3,4)20-16(19-14)13-7-5-12(6-8-13)11-18-10-9-17/h5-8,18H,10-11H2,1-4H3. The molecule has 20 heavy (non-hydrogen) atoms. The van der Waals surface area contributed by atoms with Crippen LogP contribution in [0.4, 0.5) is 0 Å². The van der Waals surface area contributed by atoms with Gasteiger partial charge in [0.15, 0.2) is 0 Å². The molecule has 1 heterocycles. The molecule has 106 valence electrons. The largest absolute Gasteiger partial charge is 0.494 e. The Labute approximate surface area is 121 Å². The fourth-order valence-electron chi connectivity index (χ4n) is 2.03. The summed E-state index contributed by atoms with van der Waals surface area (Å²) in [6, 6.07) is 10.2. The predicted octanol–water partition coefficient (Wildman–Crippen LogP) is 1.60. The van der Waals surface area contributed by atoms with E-state index in [0.29, 0.717) is 13.1 Å². The Morgan fingerprint density at radius 2 is 1.65 bits per heavy atom. The van der Waals surface area contributed by atoms with E-state index in [4.69, 9.17) is 14.6 Å². The molecule has 0 bridgehead atoms. The molecule has 1 fully saturated rings. The van der Waals surface area contributed by atoms with Crippen molar-refractivity contribution in [2.45, 2.75) is 45.4 Å². The average molecular weight is 272 g/mol. The van der Waals surface area contributed by atoms with Crippen LogP contribution >= 0.6 is 0 Å². The lowest BCUT2D eigenvalue weighted by molar-refractivity contribution is 0.00578. The van der Waals surface area contributed by atoms with Crippen molar-refractivity contribution in [1.29, 1.82) is 5.26 Å². The van der Waals surface area contributed by atoms with Crippen LogP contribution in [-0.4, -0.2) is 24.9 Å². The molecule has 2 rings (SSSR count). The summed E-state index contributed by atoms with van der Waals surface area (Å²) in [5, 5.41) is 11.5. The lowest BCUT2D eigenvalue weighted by atomic mass is 9.79. The molecule has 1 N–H and O–H groups in total. The highest BCUT2D eigenvalue weighted by Gasteiger charge is 2.51. The molecule has 1 aliphatic rings. The first-order valence-electron chi connectivity index (χ1n) is 6.88. The van der Waals surface area contributed by atoms with E-state index in [1.165, 1.54) is 0 Å². The third-order valence-corrected chi connectivity index (χ3v) is 4.04. The monoisotopic (exact) mass is 272 g/mol. The van der Waals surface area contributed by atoms with E-state index in [-0.39, 0.29) is 18.3 Å². The van der Waals surface area contributed by atoms with E-state index in [0.717, 1.165) is 11.0 Å². The molecule has 0 aromatic heterocycles. The number of rotatable bonds is 4. The molecule has 0 aliphatic carbocycles. The van der Waals surface area contributed by atoms with E-state index in [1.807, 2.05) is 52.0 Å². The lowest BCUT2D eigenvalue weighted by Crippen LogP contribution is -2.41. The van der Waals surface area contributed by atoms with Crippen LogP contribution < -0.4 is 10.8 Å². The van der Waals surface area contributed by atoms with Crippen LogP contribution in [-0.2, 0) is 15.9 Å². The molecule has 1 aliphatic heterocycles. The highest BCUT2D eigenvalue weighted by atomic mass is 16.7. The molecule has 0 atom stereocenters. The predicted molar refractivity (Wildman–Crippen MR) is 79.5 cm³/mol. The Kier molecular flexibility index (Phi) is 4.19. The fraction of sp³-hybridized carbons (Fsp3) is 0.533. The number of hydrogen-bond donors (Lipinski definition) is 1. The number of nitrogens with one attached hydrogen (secondary N) is 1. The molecule has 5 heteroatoms. The summed E-state index contributed by atoms with van der Waals surface area (Å²) in [4.78, 5) is 0. The maximum absolute atomic E-state index is 8.48. The molecule has 0 spiro atoms. The zero-order valence-electron chi connectivity index (χ0n) is 12.6. The van der Waals surface area contributed by atoms with Gasteiger partial charge in [-0.25, -0.2) is 0 Å². The fourth-order valence-corrected chi connectivity index (χ4v) is 2.03. The Morgan fingerprint density at radius 3 is 2.15 bits per heavy atom. The summed E-state index contributed by atoms with van der Waals surface area (Å²) in [5.41, 5.74) is 1.53. The van der Waals surface area contributed by atoms with Crippen LogP contribution in [0.25, 0.3) is 0 Å². The third-order valence-electron chi connectivity index (χ3n) is 4.04. The van der Waals surface area contributed by atoms with Gasteiger partial charge in [-0.3, -0.25) is 0 Å². The van der Waals surface area contributed by atoms with Crippen LogP contribution in [0.2, 0.25) is 0 Å². The Morgan fingerprint density at radius 1 is 1.10 bits per heavy atom. The van der Waals surface area contributed by atoms with Gasteiger partial charge in [0.1, 0.15) is 0 Å². The molecule has 0 unspecified atom stereocenters. The maximum atomic E-state index is 8.48. The summed E-state index contributed by atoms with van der Waals surface area (Å²) >= 11 is 0. The van der Waals surface area contributed by atoms with Gasteiger partial charge in [0.05, 0.1) is 23.8 Å². The molecule has 0 saturated carbocycles. The molecule has 0 amide bonds. The van der Waals surface area contributed by atoms with Crippen LogP contribution in [0.5, 0.6) is 0 Å². The molecular weight excluding hydrogens is 251 g/mol. The minimum Gasteiger partial charge on any atom is -0.399 e. The molecule has 0 radical (unpaired) electrons. The van der Waals surface area contributed by atoms with Crippen LogP contribution in [0.3, 0.4) is 0 Å². The van der Waals surface area contributed by atoms with Gasteiger partial charge in [-0.2, -0.15) is 5.26 Å². The Bertz CT molecular complexity index is 490. The average Bonchev–Trinajstić information content (AvgIpc) is 2.60. The minimum atomic E-state index is -0.318. The van der Waals surface area contributed by atoms with Gasteiger partial charge in [0, 0.05) is 6.54 Å². The summed E-state index contributed by atoms with van der Waals surface area (Å²) < 4.78 is 12.0. The van der Waals surface area contributed by atoms with Gasteiger partial charge in [-0.15, -0.1) is 0 Å². The molecule has 1 saturated heterocycles. The van der Waals surface area contributed by atoms with E-state index >= 15 is 0 Å². The Balaban J connectivity index is 2.03. The first-order valence-corrected chi connectivity index (χ1v) is 6.88. The summed E-state index contributed by atoms with van der Waals surface area (Å²) in [5.74, 6) is 0. The SMILES string of the molecule is CC1(C)OB(c2ccc(CNCC#N)cc2)OC1(C)C. The third kappa shape index (κ3) is 3.04. The van der Waals surface area contributed by atoms with Crippen LogP contribution in [0.15, 0.2) is 24.3 Å². The molecular formula is C15H21BN2O2. The number of benzene rings is 1. The van der Waals surface area contributed by atoms with Crippen molar-refractivity contribution in [2.24, 2.45) is 0 Å². The van der Waals surface area contributed by atoms with Crippen molar-refractivity contribution in [3.63, 3.8) is 0 Å². The second kappa shape index (κ2) is 5.57. The lowest BCUT2D eigenvalue weighted by Gasteiger charge is -2.32. The van der Waals surface area contributed by atoms with E-state index < -0.39 is 0 Å². The quantitative estimate of drug-likeness (QED) is 0.514. The van der Waals surface area contributed by atoms with Crippen molar-refractivity contribution in [3.05, 3.63) is 29.8 Å². The van der Waals surface area contributed by atoms with Crippen molar-refractivity contribution in [1.82, 2.24) is 5.32 Å². The summed E-state index contributed by atoms with van der Waals surface area (Å²) in [7, 11) is -0.318. The topological polar surface area (TPSA) is 54.3 Å². The van der Waals surface area contributed by atoms with Gasteiger partial charge in [0.25, 0.3) is 0 Å². The summed E-state index contributed by atoms with van der Waals surface area (Å²) in [6.45, 7) is 9.25. The van der Waals surface area contributed by atoms with Gasteiger partial charge < -0.3 is 14.6 Å². The minimum absolute atomic E-state index is 0.315. The van der Waals surface area contributed by atoms with E-state index in [1.54, 1.807) is 0 Å². The number of hydrogen-bond acceptors (Lipinski definition) is 4. The smallest absolute Gasteiger partial charge is 0.399 e. The van der Waals surface area contributed by atoms with Crippen molar-refractivity contribution >= 4 is 12.6 Å². The van der Waals surface area contributed by atoms with Crippen LogP contribution in [0, 0.1) is 11.3 Å². The highest BCUT2D eigenvalue weighted by molar-refractivity contribution is 6.62. The zero-order valence-corrected chi connectivity index (χ0v) is 12.6. The van der Waals surface area contributed by atoms with E-state index in [2.05, 4.69) is 11.4 Å². The van der Waals surface area contributed by atoms with E-state index in [9.17, 15) is 0 Å². The van der Waals surface area contributed by atoms with Gasteiger partial charge in [-0.1, -0.05) is 24.3 Å². The van der Waals surface area contributed by atoms with Crippen molar-refractivity contribution in [2.75, 3.05) is 6.54 Å². The summed E-state index contributed by atoms with van der Waals surface area (Å²) in [6.07, 6.45) is 0.